The van der Waals surface area contributed by atoms with Gasteiger partial charge in [0, 0.05) is 24.4 Å². The van der Waals surface area contributed by atoms with Gasteiger partial charge in [0.25, 0.3) is 0 Å². The molecule has 0 aromatic rings. The highest BCUT2D eigenvalue weighted by Gasteiger charge is 2.42. The number of amides is 2. The van der Waals surface area contributed by atoms with Crippen LogP contribution in [0.4, 0.5) is 0 Å². The average molecular weight is 224 g/mol. The lowest BCUT2D eigenvalue weighted by atomic mass is 10.00. The van der Waals surface area contributed by atoms with Crippen LogP contribution in [0.15, 0.2) is 0 Å². The standard InChI is InChI=1S/C12H20N2O2/c1-8-9(2)12(16)14(11(8)15)7-10-5-3-4-6-13-10/h8-10,13H,3-7H2,1-2H3. The first-order valence-corrected chi connectivity index (χ1v) is 6.20. The zero-order valence-corrected chi connectivity index (χ0v) is 10.0. The molecule has 3 atom stereocenters. The van der Waals surface area contributed by atoms with Crippen LogP contribution in [0.3, 0.4) is 0 Å². The van der Waals surface area contributed by atoms with Crippen LogP contribution in [0.1, 0.15) is 33.1 Å². The Labute approximate surface area is 96.4 Å². The van der Waals surface area contributed by atoms with Gasteiger partial charge < -0.3 is 5.32 Å². The summed E-state index contributed by atoms with van der Waals surface area (Å²) < 4.78 is 0. The summed E-state index contributed by atoms with van der Waals surface area (Å²) in [5.74, 6) is -0.276. The zero-order chi connectivity index (χ0) is 11.7. The van der Waals surface area contributed by atoms with Crippen molar-refractivity contribution in [2.75, 3.05) is 13.1 Å². The third kappa shape index (κ3) is 1.98. The Kier molecular flexibility index (Phi) is 3.28. The molecular weight excluding hydrogens is 204 g/mol. The van der Waals surface area contributed by atoms with Crippen LogP contribution < -0.4 is 5.32 Å². The molecule has 0 aromatic carbocycles. The Hall–Kier alpha value is -0.900. The van der Waals surface area contributed by atoms with E-state index in [0.29, 0.717) is 12.6 Å². The number of hydrogen-bond acceptors (Lipinski definition) is 3. The number of nitrogens with zero attached hydrogens (tertiary/aromatic N) is 1. The third-order valence-electron chi connectivity index (χ3n) is 3.88. The van der Waals surface area contributed by atoms with Crippen molar-refractivity contribution in [1.29, 1.82) is 0 Å². The quantitative estimate of drug-likeness (QED) is 0.705. The minimum Gasteiger partial charge on any atom is -0.312 e. The van der Waals surface area contributed by atoms with Crippen LogP contribution in [-0.2, 0) is 9.59 Å². The molecule has 0 saturated carbocycles. The fourth-order valence-corrected chi connectivity index (χ4v) is 2.51. The molecule has 2 saturated heterocycles. The summed E-state index contributed by atoms with van der Waals surface area (Å²) in [4.78, 5) is 25.2. The molecule has 0 aliphatic carbocycles. The van der Waals surface area contributed by atoms with E-state index in [4.69, 9.17) is 0 Å². The fraction of sp³-hybridized carbons (Fsp3) is 0.833. The van der Waals surface area contributed by atoms with Crippen LogP contribution in [0.2, 0.25) is 0 Å². The number of carbonyl (C=O) groups excluding carboxylic acids is 2. The third-order valence-corrected chi connectivity index (χ3v) is 3.88. The average Bonchev–Trinajstić information content (AvgIpc) is 2.48. The molecule has 2 fully saturated rings. The Morgan fingerprint density at radius 2 is 1.81 bits per heavy atom. The molecule has 0 radical (unpaired) electrons. The lowest BCUT2D eigenvalue weighted by Crippen LogP contribution is -2.46. The second-order valence-corrected chi connectivity index (χ2v) is 5.01. The van der Waals surface area contributed by atoms with Gasteiger partial charge in [0.15, 0.2) is 0 Å². The van der Waals surface area contributed by atoms with E-state index in [1.54, 1.807) is 0 Å². The highest BCUT2D eigenvalue weighted by Crippen LogP contribution is 2.26. The molecule has 2 heterocycles. The van der Waals surface area contributed by atoms with Crippen LogP contribution in [-0.4, -0.2) is 35.8 Å². The molecule has 0 aromatic heterocycles. The number of nitrogens with one attached hydrogen (secondary N) is 1. The molecule has 2 aliphatic heterocycles. The molecule has 4 heteroatoms. The van der Waals surface area contributed by atoms with Gasteiger partial charge in [-0.05, 0) is 19.4 Å². The maximum absolute atomic E-state index is 11.9. The van der Waals surface area contributed by atoms with E-state index in [2.05, 4.69) is 5.32 Å². The van der Waals surface area contributed by atoms with Crippen molar-refractivity contribution in [2.24, 2.45) is 11.8 Å². The van der Waals surface area contributed by atoms with Crippen molar-refractivity contribution in [3.63, 3.8) is 0 Å². The first-order valence-electron chi connectivity index (χ1n) is 6.20. The molecular formula is C12H20N2O2. The molecule has 16 heavy (non-hydrogen) atoms. The van der Waals surface area contributed by atoms with Gasteiger partial charge >= 0.3 is 0 Å². The SMILES string of the molecule is CC1C(=O)N(CC2CCCCN2)C(=O)C1C. The van der Waals surface area contributed by atoms with Crippen molar-refractivity contribution in [3.05, 3.63) is 0 Å². The largest absolute Gasteiger partial charge is 0.312 e. The zero-order valence-electron chi connectivity index (χ0n) is 10.0. The number of piperidine rings is 1. The topological polar surface area (TPSA) is 49.4 Å². The number of rotatable bonds is 2. The van der Waals surface area contributed by atoms with Gasteiger partial charge in [-0.2, -0.15) is 0 Å². The molecule has 2 aliphatic rings. The molecule has 1 N–H and O–H groups in total. The summed E-state index contributed by atoms with van der Waals surface area (Å²) in [7, 11) is 0. The molecule has 2 amide bonds. The van der Waals surface area contributed by atoms with Gasteiger partial charge in [-0.1, -0.05) is 20.3 Å². The van der Waals surface area contributed by atoms with E-state index in [9.17, 15) is 9.59 Å². The van der Waals surface area contributed by atoms with Gasteiger partial charge in [0.05, 0.1) is 0 Å². The van der Waals surface area contributed by atoms with Gasteiger partial charge in [-0.3, -0.25) is 14.5 Å². The van der Waals surface area contributed by atoms with Gasteiger partial charge in [-0.15, -0.1) is 0 Å². The van der Waals surface area contributed by atoms with E-state index in [0.717, 1.165) is 13.0 Å². The van der Waals surface area contributed by atoms with Crippen LogP contribution in [0.25, 0.3) is 0 Å². The van der Waals surface area contributed by atoms with Crippen molar-refractivity contribution in [3.8, 4) is 0 Å². The predicted octanol–water partition coefficient (Wildman–Crippen LogP) is 0.770. The number of likely N-dealkylation sites (tertiary alicyclic amines) is 1. The minimum atomic E-state index is -0.143. The molecule has 2 rings (SSSR count). The van der Waals surface area contributed by atoms with E-state index >= 15 is 0 Å². The van der Waals surface area contributed by atoms with Crippen molar-refractivity contribution in [2.45, 2.75) is 39.2 Å². The first kappa shape index (κ1) is 11.6. The molecule has 0 spiro atoms. The molecule has 90 valence electrons. The highest BCUT2D eigenvalue weighted by molar-refractivity contribution is 6.04. The Balaban J connectivity index is 1.98. The number of hydrogen-bond donors (Lipinski definition) is 1. The summed E-state index contributed by atoms with van der Waals surface area (Å²) in [6, 6.07) is 0.305. The Morgan fingerprint density at radius 3 is 2.31 bits per heavy atom. The monoisotopic (exact) mass is 224 g/mol. The normalized spacial score (nSPS) is 35.9. The second-order valence-electron chi connectivity index (χ2n) is 5.01. The predicted molar refractivity (Wildman–Crippen MR) is 60.7 cm³/mol. The van der Waals surface area contributed by atoms with Crippen molar-refractivity contribution in [1.82, 2.24) is 10.2 Å². The summed E-state index contributed by atoms with van der Waals surface area (Å²) in [5.41, 5.74) is 0. The van der Waals surface area contributed by atoms with Crippen molar-refractivity contribution >= 4 is 11.8 Å². The van der Waals surface area contributed by atoms with Crippen LogP contribution >= 0.6 is 0 Å². The highest BCUT2D eigenvalue weighted by atomic mass is 16.2. The second kappa shape index (κ2) is 4.53. The van der Waals surface area contributed by atoms with Gasteiger partial charge in [-0.25, -0.2) is 0 Å². The minimum absolute atomic E-state index is 0.00451. The summed E-state index contributed by atoms with van der Waals surface area (Å²) in [6.45, 7) is 5.26. The smallest absolute Gasteiger partial charge is 0.232 e. The van der Waals surface area contributed by atoms with E-state index < -0.39 is 0 Å². The lowest BCUT2D eigenvalue weighted by molar-refractivity contribution is -0.140. The molecule has 3 unspecified atom stereocenters. The van der Waals surface area contributed by atoms with Crippen molar-refractivity contribution < 1.29 is 9.59 Å². The summed E-state index contributed by atoms with van der Waals surface area (Å²) in [6.07, 6.45) is 3.46. The van der Waals surface area contributed by atoms with E-state index in [1.807, 2.05) is 13.8 Å². The molecule has 0 bridgehead atoms. The fourth-order valence-electron chi connectivity index (χ4n) is 2.51. The maximum Gasteiger partial charge on any atom is 0.232 e. The van der Waals surface area contributed by atoms with Crippen LogP contribution in [0, 0.1) is 11.8 Å². The number of carbonyl (C=O) groups is 2. The summed E-state index contributed by atoms with van der Waals surface area (Å²) in [5, 5.41) is 3.37. The first-order chi connectivity index (χ1) is 7.61. The Morgan fingerprint density at radius 1 is 1.19 bits per heavy atom. The van der Waals surface area contributed by atoms with Gasteiger partial charge in [0.2, 0.25) is 11.8 Å². The summed E-state index contributed by atoms with van der Waals surface area (Å²) >= 11 is 0. The maximum atomic E-state index is 11.9. The van der Waals surface area contributed by atoms with E-state index in [1.165, 1.54) is 17.7 Å². The lowest BCUT2D eigenvalue weighted by Gasteiger charge is -2.27. The molecule has 4 nitrogen and oxygen atoms in total. The van der Waals surface area contributed by atoms with Crippen LogP contribution in [0.5, 0.6) is 0 Å². The number of imide groups is 1. The van der Waals surface area contributed by atoms with E-state index in [-0.39, 0.29) is 23.7 Å². The van der Waals surface area contributed by atoms with Gasteiger partial charge in [0.1, 0.15) is 0 Å². The Bertz CT molecular complexity index is 277.